The number of methoxy groups -OCH3 is 1. The topological polar surface area (TPSA) is 72.5 Å². The molecule has 0 aromatic heterocycles. The number of carboxylic acid groups (broad SMARTS) is 1. The van der Waals surface area contributed by atoms with Gasteiger partial charge >= 0.3 is 5.97 Å². The second-order valence-electron chi connectivity index (χ2n) is 3.01. The van der Waals surface area contributed by atoms with Crippen molar-refractivity contribution in [1.82, 2.24) is 0 Å². The fourth-order valence-electron chi connectivity index (χ4n) is 1.21. The van der Waals surface area contributed by atoms with E-state index in [1.807, 2.05) is 6.07 Å². The molecule has 0 aliphatic rings. The van der Waals surface area contributed by atoms with E-state index in [0.717, 1.165) is 5.56 Å². The van der Waals surface area contributed by atoms with Crippen molar-refractivity contribution in [2.24, 2.45) is 0 Å². The van der Waals surface area contributed by atoms with E-state index in [9.17, 15) is 4.79 Å². The molecule has 0 amide bonds. The molecule has 0 saturated carbocycles. The second kappa shape index (κ2) is 4.62. The molecule has 0 heterocycles. The van der Waals surface area contributed by atoms with Crippen LogP contribution < -0.4 is 5.73 Å². The van der Waals surface area contributed by atoms with E-state index in [2.05, 4.69) is 0 Å². The maximum Gasteiger partial charge on any atom is 0.333 e. The number of carboxylic acids is 1. The zero-order valence-corrected chi connectivity index (χ0v) is 7.93. The van der Waals surface area contributed by atoms with Crippen LogP contribution in [0.4, 0.5) is 5.69 Å². The molecule has 76 valence electrons. The first-order valence-corrected chi connectivity index (χ1v) is 4.23. The first-order chi connectivity index (χ1) is 6.63. The van der Waals surface area contributed by atoms with Crippen LogP contribution in [0, 0.1) is 0 Å². The zero-order valence-electron chi connectivity index (χ0n) is 7.93. The van der Waals surface area contributed by atoms with Crippen LogP contribution >= 0.6 is 0 Å². The van der Waals surface area contributed by atoms with Gasteiger partial charge in [-0.1, -0.05) is 12.1 Å². The highest BCUT2D eigenvalue weighted by Gasteiger charge is 2.16. The Morgan fingerprint density at radius 3 is 2.86 bits per heavy atom. The van der Waals surface area contributed by atoms with E-state index < -0.39 is 12.1 Å². The zero-order chi connectivity index (χ0) is 10.6. The molecule has 1 atom stereocenters. The van der Waals surface area contributed by atoms with Crippen LogP contribution in [0.3, 0.4) is 0 Å². The summed E-state index contributed by atoms with van der Waals surface area (Å²) in [5, 5.41) is 8.75. The standard InChI is InChI=1S/C10H13NO3/c1-14-9(10(12)13)6-7-3-2-4-8(11)5-7/h2-5,9H,6,11H2,1H3,(H,12,13)/t9-/m0/s1. The fraction of sp³-hybridized carbons (Fsp3) is 0.300. The molecule has 4 nitrogen and oxygen atoms in total. The number of hydrogen-bond acceptors (Lipinski definition) is 3. The third kappa shape index (κ3) is 2.74. The van der Waals surface area contributed by atoms with Gasteiger partial charge in [0.15, 0.2) is 6.10 Å². The minimum Gasteiger partial charge on any atom is -0.479 e. The third-order valence-electron chi connectivity index (χ3n) is 1.93. The van der Waals surface area contributed by atoms with Crippen LogP contribution in [-0.4, -0.2) is 24.3 Å². The maximum absolute atomic E-state index is 10.7. The molecular weight excluding hydrogens is 182 g/mol. The number of hydrogen-bond donors (Lipinski definition) is 2. The molecule has 0 spiro atoms. The minimum absolute atomic E-state index is 0.330. The number of rotatable bonds is 4. The van der Waals surface area contributed by atoms with Crippen LogP contribution in [0.25, 0.3) is 0 Å². The quantitative estimate of drug-likeness (QED) is 0.700. The number of aliphatic carboxylic acids is 1. The van der Waals surface area contributed by atoms with Gasteiger partial charge in [-0.2, -0.15) is 0 Å². The van der Waals surface area contributed by atoms with Crippen molar-refractivity contribution in [1.29, 1.82) is 0 Å². The summed E-state index contributed by atoms with van der Waals surface area (Å²) in [6.45, 7) is 0. The Balaban J connectivity index is 2.72. The monoisotopic (exact) mass is 195 g/mol. The summed E-state index contributed by atoms with van der Waals surface area (Å²) < 4.78 is 4.82. The Labute approximate surface area is 82.3 Å². The van der Waals surface area contributed by atoms with Crippen molar-refractivity contribution in [3.63, 3.8) is 0 Å². The predicted octanol–water partition coefficient (Wildman–Crippen LogP) is 0.911. The van der Waals surface area contributed by atoms with Crippen LogP contribution in [-0.2, 0) is 16.0 Å². The van der Waals surface area contributed by atoms with E-state index in [-0.39, 0.29) is 0 Å². The Bertz CT molecular complexity index is 325. The molecular formula is C10H13NO3. The van der Waals surface area contributed by atoms with Crippen LogP contribution in [0.5, 0.6) is 0 Å². The molecule has 4 heteroatoms. The molecule has 0 radical (unpaired) electrons. The van der Waals surface area contributed by atoms with Gasteiger partial charge in [-0.05, 0) is 17.7 Å². The predicted molar refractivity (Wildman–Crippen MR) is 53.0 cm³/mol. The minimum atomic E-state index is -0.963. The Morgan fingerprint density at radius 1 is 1.64 bits per heavy atom. The molecule has 0 aliphatic carbocycles. The van der Waals surface area contributed by atoms with E-state index in [1.165, 1.54) is 7.11 Å². The van der Waals surface area contributed by atoms with Crippen molar-refractivity contribution in [2.45, 2.75) is 12.5 Å². The van der Waals surface area contributed by atoms with Crippen LogP contribution in [0.2, 0.25) is 0 Å². The number of carbonyl (C=O) groups is 1. The van der Waals surface area contributed by atoms with Gasteiger partial charge in [-0.3, -0.25) is 0 Å². The maximum atomic E-state index is 10.7. The largest absolute Gasteiger partial charge is 0.479 e. The first kappa shape index (κ1) is 10.5. The van der Waals surface area contributed by atoms with Gasteiger partial charge in [0, 0.05) is 19.2 Å². The normalized spacial score (nSPS) is 12.4. The summed E-state index contributed by atoms with van der Waals surface area (Å²) in [7, 11) is 1.38. The average Bonchev–Trinajstić information content (AvgIpc) is 2.14. The highest BCUT2D eigenvalue weighted by Crippen LogP contribution is 2.10. The van der Waals surface area contributed by atoms with Gasteiger partial charge in [0.25, 0.3) is 0 Å². The molecule has 0 fully saturated rings. The van der Waals surface area contributed by atoms with E-state index in [0.29, 0.717) is 12.1 Å². The van der Waals surface area contributed by atoms with Gasteiger partial charge in [0.2, 0.25) is 0 Å². The summed E-state index contributed by atoms with van der Waals surface area (Å²) in [4.78, 5) is 10.7. The Morgan fingerprint density at radius 2 is 2.36 bits per heavy atom. The Hall–Kier alpha value is -1.55. The molecule has 14 heavy (non-hydrogen) atoms. The fourth-order valence-corrected chi connectivity index (χ4v) is 1.21. The Kier molecular flexibility index (Phi) is 3.48. The van der Waals surface area contributed by atoms with E-state index >= 15 is 0 Å². The van der Waals surface area contributed by atoms with Gasteiger partial charge in [0.05, 0.1) is 0 Å². The molecule has 0 bridgehead atoms. The van der Waals surface area contributed by atoms with Crippen molar-refractivity contribution in [3.8, 4) is 0 Å². The van der Waals surface area contributed by atoms with Crippen LogP contribution in [0.15, 0.2) is 24.3 Å². The van der Waals surface area contributed by atoms with Crippen molar-refractivity contribution >= 4 is 11.7 Å². The average molecular weight is 195 g/mol. The number of ether oxygens (including phenoxy) is 1. The number of nitrogens with two attached hydrogens (primary N) is 1. The van der Waals surface area contributed by atoms with E-state index in [1.54, 1.807) is 18.2 Å². The van der Waals surface area contributed by atoms with Gasteiger partial charge < -0.3 is 15.6 Å². The summed E-state index contributed by atoms with van der Waals surface area (Å²) in [5.74, 6) is -0.963. The lowest BCUT2D eigenvalue weighted by molar-refractivity contribution is -0.148. The molecule has 1 aromatic rings. The second-order valence-corrected chi connectivity index (χ2v) is 3.01. The summed E-state index contributed by atoms with van der Waals surface area (Å²) in [6, 6.07) is 7.12. The highest BCUT2D eigenvalue weighted by atomic mass is 16.5. The van der Waals surface area contributed by atoms with Crippen LogP contribution in [0.1, 0.15) is 5.56 Å². The lowest BCUT2D eigenvalue weighted by atomic mass is 10.1. The molecule has 1 rings (SSSR count). The summed E-state index contributed by atoms with van der Waals surface area (Å²) >= 11 is 0. The smallest absolute Gasteiger partial charge is 0.333 e. The number of nitrogen functional groups attached to an aromatic ring is 1. The van der Waals surface area contributed by atoms with E-state index in [4.69, 9.17) is 15.6 Å². The molecule has 0 aliphatic heterocycles. The van der Waals surface area contributed by atoms with Gasteiger partial charge in [-0.15, -0.1) is 0 Å². The molecule has 1 aromatic carbocycles. The lowest BCUT2D eigenvalue weighted by Crippen LogP contribution is -2.24. The number of anilines is 1. The lowest BCUT2D eigenvalue weighted by Gasteiger charge is -2.10. The third-order valence-corrected chi connectivity index (χ3v) is 1.93. The molecule has 0 saturated heterocycles. The van der Waals surface area contributed by atoms with Crippen molar-refractivity contribution in [3.05, 3.63) is 29.8 Å². The summed E-state index contributed by atoms with van der Waals surface area (Å²) in [6.07, 6.45) is -0.478. The first-order valence-electron chi connectivity index (χ1n) is 4.23. The number of benzene rings is 1. The molecule has 0 unspecified atom stereocenters. The summed E-state index contributed by atoms with van der Waals surface area (Å²) in [5.41, 5.74) is 7.05. The van der Waals surface area contributed by atoms with Crippen molar-refractivity contribution < 1.29 is 14.6 Å². The molecule has 3 N–H and O–H groups in total. The van der Waals surface area contributed by atoms with Gasteiger partial charge in [0.1, 0.15) is 0 Å². The van der Waals surface area contributed by atoms with Crippen molar-refractivity contribution in [2.75, 3.05) is 12.8 Å². The SMILES string of the molecule is CO[C@@H](Cc1cccc(N)c1)C(=O)O. The highest BCUT2D eigenvalue weighted by molar-refractivity contribution is 5.72. The van der Waals surface area contributed by atoms with Gasteiger partial charge in [-0.25, -0.2) is 4.79 Å².